The first-order chi connectivity index (χ1) is 29.0. The highest BCUT2D eigenvalue weighted by atomic mass is 16.5. The fourth-order valence-electron chi connectivity index (χ4n) is 8.22. The molecule has 0 heterocycles. The van der Waals surface area contributed by atoms with Gasteiger partial charge in [0.25, 0.3) is 0 Å². The molecule has 0 rings (SSSR count). The molecule has 0 saturated heterocycles. The molecule has 0 aliphatic rings. The Labute approximate surface area is 368 Å². The predicted molar refractivity (Wildman–Crippen MR) is 255 cm³/mol. The number of amides is 1. The van der Waals surface area contributed by atoms with Gasteiger partial charge in [0.1, 0.15) is 0 Å². The standard InChI is InChI=1S/C53H103NO5/c1-3-5-7-9-11-13-15-17-19-20-21-22-25-29-33-37-41-45-51(56)50(49-55)54-52(57)46-42-38-34-30-26-24-28-32-36-40-44-48-59-53(58)47-43-39-35-31-27-23-18-16-14-12-10-8-6-4-2/h16,18,50-51,55-56H,3-15,17,19-49H2,1-2H3,(H,54,57)/b18-16-. The average Bonchev–Trinajstić information content (AvgIpc) is 3.24. The van der Waals surface area contributed by atoms with Gasteiger partial charge in [0, 0.05) is 12.8 Å². The molecule has 0 radical (unpaired) electrons. The predicted octanol–water partition coefficient (Wildman–Crippen LogP) is 15.7. The van der Waals surface area contributed by atoms with Crippen LogP contribution in [0.5, 0.6) is 0 Å². The number of aliphatic hydroxyl groups excluding tert-OH is 2. The van der Waals surface area contributed by atoms with Crippen LogP contribution in [0.25, 0.3) is 0 Å². The summed E-state index contributed by atoms with van der Waals surface area (Å²) in [5.41, 5.74) is 0. The highest BCUT2D eigenvalue weighted by molar-refractivity contribution is 5.76. The molecule has 0 bridgehead atoms. The lowest BCUT2D eigenvalue weighted by molar-refractivity contribution is -0.143. The van der Waals surface area contributed by atoms with Crippen LogP contribution in [0.3, 0.4) is 0 Å². The van der Waals surface area contributed by atoms with Gasteiger partial charge in [0.05, 0.1) is 25.4 Å². The number of ether oxygens (including phenoxy) is 1. The minimum Gasteiger partial charge on any atom is -0.466 e. The number of aliphatic hydroxyl groups is 2. The monoisotopic (exact) mass is 834 g/mol. The summed E-state index contributed by atoms with van der Waals surface area (Å²) in [5, 5.41) is 23.2. The van der Waals surface area contributed by atoms with E-state index in [4.69, 9.17) is 4.74 Å². The van der Waals surface area contributed by atoms with E-state index in [9.17, 15) is 19.8 Å². The molecule has 3 N–H and O–H groups in total. The topological polar surface area (TPSA) is 95.9 Å². The van der Waals surface area contributed by atoms with Crippen LogP contribution in [0.4, 0.5) is 0 Å². The second-order valence-corrected chi connectivity index (χ2v) is 18.2. The van der Waals surface area contributed by atoms with Gasteiger partial charge in [-0.3, -0.25) is 9.59 Å². The van der Waals surface area contributed by atoms with Gasteiger partial charge in [-0.15, -0.1) is 0 Å². The van der Waals surface area contributed by atoms with Crippen LogP contribution in [0.2, 0.25) is 0 Å². The molecule has 0 spiro atoms. The van der Waals surface area contributed by atoms with E-state index < -0.39 is 12.1 Å². The van der Waals surface area contributed by atoms with E-state index in [0.717, 1.165) is 57.8 Å². The lowest BCUT2D eigenvalue weighted by Crippen LogP contribution is -2.45. The maximum atomic E-state index is 12.5. The summed E-state index contributed by atoms with van der Waals surface area (Å²) in [6.45, 7) is 4.91. The Bertz CT molecular complexity index is 878. The zero-order valence-electron chi connectivity index (χ0n) is 39.7. The highest BCUT2D eigenvalue weighted by Gasteiger charge is 2.20. The third kappa shape index (κ3) is 45.9. The third-order valence-corrected chi connectivity index (χ3v) is 12.3. The first kappa shape index (κ1) is 57.6. The van der Waals surface area contributed by atoms with Crippen LogP contribution in [0.15, 0.2) is 12.2 Å². The molecule has 2 atom stereocenters. The number of esters is 1. The molecule has 350 valence electrons. The van der Waals surface area contributed by atoms with Gasteiger partial charge in [-0.25, -0.2) is 0 Å². The zero-order chi connectivity index (χ0) is 43.0. The fraction of sp³-hybridized carbons (Fsp3) is 0.925. The van der Waals surface area contributed by atoms with Crippen molar-refractivity contribution in [2.45, 2.75) is 302 Å². The molecule has 2 unspecified atom stereocenters. The Balaban J connectivity index is 3.47. The van der Waals surface area contributed by atoms with Crippen LogP contribution in [-0.2, 0) is 14.3 Å². The summed E-state index contributed by atoms with van der Waals surface area (Å²) >= 11 is 0. The minimum absolute atomic E-state index is 0.0216. The van der Waals surface area contributed by atoms with Crippen LogP contribution in [0.1, 0.15) is 290 Å². The SMILES string of the molecule is CCCCCCC/C=C\CCCCCCCC(=O)OCCCCCCCCCCCCCC(=O)NC(CO)C(O)CCCCCCCCCCCCCCCCCCC. The molecule has 0 saturated carbocycles. The van der Waals surface area contributed by atoms with Gasteiger partial charge in [-0.05, 0) is 51.4 Å². The number of carbonyl (C=O) groups excluding carboxylic acids is 2. The number of hydrogen-bond acceptors (Lipinski definition) is 5. The van der Waals surface area contributed by atoms with Crippen molar-refractivity contribution in [3.8, 4) is 0 Å². The van der Waals surface area contributed by atoms with E-state index in [1.165, 1.54) is 199 Å². The molecule has 0 aromatic carbocycles. The second kappa shape index (κ2) is 49.3. The van der Waals surface area contributed by atoms with E-state index in [1.807, 2.05) is 0 Å². The molecule has 0 aromatic heterocycles. The molecule has 0 aliphatic carbocycles. The maximum Gasteiger partial charge on any atom is 0.305 e. The van der Waals surface area contributed by atoms with Gasteiger partial charge >= 0.3 is 5.97 Å². The molecule has 0 aromatic rings. The van der Waals surface area contributed by atoms with E-state index in [1.54, 1.807) is 0 Å². The lowest BCUT2D eigenvalue weighted by atomic mass is 10.0. The van der Waals surface area contributed by atoms with E-state index in [0.29, 0.717) is 25.9 Å². The Hall–Kier alpha value is -1.40. The van der Waals surface area contributed by atoms with Crippen molar-refractivity contribution in [2.24, 2.45) is 0 Å². The lowest BCUT2D eigenvalue weighted by Gasteiger charge is -2.22. The van der Waals surface area contributed by atoms with Gasteiger partial charge in [-0.1, -0.05) is 238 Å². The normalized spacial score (nSPS) is 12.7. The molecule has 6 heteroatoms. The number of rotatable bonds is 49. The molecule has 0 aliphatic heterocycles. The first-order valence-electron chi connectivity index (χ1n) is 26.4. The van der Waals surface area contributed by atoms with Crippen molar-refractivity contribution in [1.29, 1.82) is 0 Å². The minimum atomic E-state index is -0.676. The van der Waals surface area contributed by atoms with Gasteiger partial charge < -0.3 is 20.3 Å². The number of carbonyl (C=O) groups is 2. The Kier molecular flexibility index (Phi) is 48.1. The summed E-state index contributed by atoms with van der Waals surface area (Å²) in [6, 6.07) is -0.555. The van der Waals surface area contributed by atoms with Gasteiger partial charge in [0.15, 0.2) is 0 Å². The van der Waals surface area contributed by atoms with Crippen LogP contribution < -0.4 is 5.32 Å². The number of nitrogens with one attached hydrogen (secondary N) is 1. The molecule has 1 amide bonds. The van der Waals surface area contributed by atoms with Crippen molar-refractivity contribution in [2.75, 3.05) is 13.2 Å². The van der Waals surface area contributed by atoms with Gasteiger partial charge in [0.2, 0.25) is 5.91 Å². The van der Waals surface area contributed by atoms with Gasteiger partial charge in [-0.2, -0.15) is 0 Å². The molecule has 59 heavy (non-hydrogen) atoms. The Morgan fingerprint density at radius 1 is 0.458 bits per heavy atom. The van der Waals surface area contributed by atoms with Crippen molar-refractivity contribution in [3.63, 3.8) is 0 Å². The average molecular weight is 834 g/mol. The van der Waals surface area contributed by atoms with Crippen molar-refractivity contribution >= 4 is 11.9 Å². The molecular formula is C53H103NO5. The highest BCUT2D eigenvalue weighted by Crippen LogP contribution is 2.17. The van der Waals surface area contributed by atoms with Crippen LogP contribution >= 0.6 is 0 Å². The maximum absolute atomic E-state index is 12.5. The smallest absolute Gasteiger partial charge is 0.305 e. The molecular weight excluding hydrogens is 731 g/mol. The van der Waals surface area contributed by atoms with E-state index >= 15 is 0 Å². The van der Waals surface area contributed by atoms with Crippen LogP contribution in [0, 0.1) is 0 Å². The molecule has 6 nitrogen and oxygen atoms in total. The quantitative estimate of drug-likeness (QED) is 0.0322. The molecule has 0 fully saturated rings. The fourth-order valence-corrected chi connectivity index (χ4v) is 8.22. The summed E-state index contributed by atoms with van der Waals surface area (Å²) in [6.07, 6.45) is 56.0. The second-order valence-electron chi connectivity index (χ2n) is 18.2. The number of hydrogen-bond donors (Lipinski definition) is 3. The largest absolute Gasteiger partial charge is 0.466 e. The third-order valence-electron chi connectivity index (χ3n) is 12.3. The number of unbranched alkanes of at least 4 members (excludes halogenated alkanes) is 36. The summed E-state index contributed by atoms with van der Waals surface area (Å²) in [7, 11) is 0. The Morgan fingerprint density at radius 3 is 1.20 bits per heavy atom. The zero-order valence-corrected chi connectivity index (χ0v) is 39.7. The van der Waals surface area contributed by atoms with Crippen molar-refractivity contribution in [3.05, 3.63) is 12.2 Å². The van der Waals surface area contributed by atoms with E-state index in [-0.39, 0.29) is 18.5 Å². The Morgan fingerprint density at radius 2 is 0.797 bits per heavy atom. The van der Waals surface area contributed by atoms with E-state index in [2.05, 4.69) is 31.3 Å². The summed E-state index contributed by atoms with van der Waals surface area (Å²) in [4.78, 5) is 24.5. The summed E-state index contributed by atoms with van der Waals surface area (Å²) in [5.74, 6) is -0.0739. The van der Waals surface area contributed by atoms with Crippen molar-refractivity contribution < 1.29 is 24.5 Å². The number of allylic oxidation sites excluding steroid dienone is 2. The first-order valence-corrected chi connectivity index (χ1v) is 26.4. The van der Waals surface area contributed by atoms with Crippen molar-refractivity contribution in [1.82, 2.24) is 5.32 Å². The van der Waals surface area contributed by atoms with Crippen LogP contribution in [-0.4, -0.2) is 47.4 Å². The summed E-state index contributed by atoms with van der Waals surface area (Å²) < 4.78 is 5.45.